The van der Waals surface area contributed by atoms with Gasteiger partial charge in [0, 0.05) is 0 Å². The minimum atomic E-state index is -1.00. The predicted octanol–water partition coefficient (Wildman–Crippen LogP) is 0.962. The Morgan fingerprint density at radius 3 is 2.79 bits per heavy atom. The van der Waals surface area contributed by atoms with Crippen LogP contribution in [0.2, 0.25) is 0 Å². The Morgan fingerprint density at radius 1 is 1.57 bits per heavy atom. The van der Waals surface area contributed by atoms with Crippen LogP contribution in [0.5, 0.6) is 0 Å². The SMILES string of the molecule is Nc1ccsc1C(=O)OCCC(=O)O. The van der Waals surface area contributed by atoms with Crippen molar-refractivity contribution in [3.05, 3.63) is 16.3 Å². The first kappa shape index (κ1) is 10.5. The largest absolute Gasteiger partial charge is 0.481 e. The molecule has 0 unspecified atom stereocenters. The minimum absolute atomic E-state index is 0.133. The molecule has 1 rings (SSSR count). The van der Waals surface area contributed by atoms with Gasteiger partial charge in [-0.25, -0.2) is 4.79 Å². The number of esters is 1. The van der Waals surface area contributed by atoms with Crippen LogP contribution in [0.3, 0.4) is 0 Å². The van der Waals surface area contributed by atoms with Crippen LogP contribution in [-0.4, -0.2) is 23.7 Å². The highest BCUT2D eigenvalue weighted by Gasteiger charge is 2.12. The maximum atomic E-state index is 11.2. The lowest BCUT2D eigenvalue weighted by Gasteiger charge is -2.01. The van der Waals surface area contributed by atoms with Crippen molar-refractivity contribution in [1.29, 1.82) is 0 Å². The van der Waals surface area contributed by atoms with Gasteiger partial charge in [0.25, 0.3) is 0 Å². The van der Waals surface area contributed by atoms with Gasteiger partial charge in [0.05, 0.1) is 12.1 Å². The van der Waals surface area contributed by atoms with Crippen molar-refractivity contribution in [1.82, 2.24) is 0 Å². The molecule has 1 heterocycles. The standard InChI is InChI=1S/C8H9NO4S/c9-5-2-4-14-7(5)8(12)13-3-1-6(10)11/h2,4H,1,3,9H2,(H,10,11). The molecule has 76 valence electrons. The molecular weight excluding hydrogens is 206 g/mol. The van der Waals surface area contributed by atoms with Gasteiger partial charge < -0.3 is 15.6 Å². The Balaban J connectivity index is 2.44. The first-order valence-corrected chi connectivity index (χ1v) is 4.71. The second-order valence-corrected chi connectivity index (χ2v) is 3.40. The number of nitrogens with two attached hydrogens (primary N) is 1. The number of hydrogen-bond donors (Lipinski definition) is 2. The summed E-state index contributed by atoms with van der Waals surface area (Å²) in [6.45, 7) is -0.133. The van der Waals surface area contributed by atoms with Crippen LogP contribution < -0.4 is 5.73 Å². The van der Waals surface area contributed by atoms with Crippen molar-refractivity contribution in [2.45, 2.75) is 6.42 Å². The maximum absolute atomic E-state index is 11.2. The molecule has 0 aliphatic heterocycles. The first-order chi connectivity index (χ1) is 6.61. The lowest BCUT2D eigenvalue weighted by atomic mass is 10.4. The van der Waals surface area contributed by atoms with Crippen molar-refractivity contribution >= 4 is 29.0 Å². The number of carbonyl (C=O) groups is 2. The predicted molar refractivity (Wildman–Crippen MR) is 51.3 cm³/mol. The van der Waals surface area contributed by atoms with Gasteiger partial charge in [-0.1, -0.05) is 0 Å². The van der Waals surface area contributed by atoms with Crippen molar-refractivity contribution in [2.75, 3.05) is 12.3 Å². The average molecular weight is 215 g/mol. The number of nitrogen functional groups attached to an aromatic ring is 1. The van der Waals surface area contributed by atoms with Crippen LogP contribution in [0, 0.1) is 0 Å². The average Bonchev–Trinajstić information content (AvgIpc) is 2.50. The summed E-state index contributed by atoms with van der Waals surface area (Å²) in [6, 6.07) is 1.60. The molecule has 0 bridgehead atoms. The lowest BCUT2D eigenvalue weighted by molar-refractivity contribution is -0.137. The summed E-state index contributed by atoms with van der Waals surface area (Å²) in [5.74, 6) is -1.57. The number of rotatable bonds is 4. The van der Waals surface area contributed by atoms with Gasteiger partial charge in [0.1, 0.15) is 11.5 Å². The van der Waals surface area contributed by atoms with E-state index in [0.717, 1.165) is 0 Å². The van der Waals surface area contributed by atoms with E-state index in [1.807, 2.05) is 0 Å². The molecule has 3 N–H and O–H groups in total. The number of ether oxygens (including phenoxy) is 1. The van der Waals surface area contributed by atoms with Crippen LogP contribution in [0.1, 0.15) is 16.1 Å². The van der Waals surface area contributed by atoms with E-state index >= 15 is 0 Å². The van der Waals surface area contributed by atoms with Gasteiger partial charge in [-0.15, -0.1) is 11.3 Å². The topological polar surface area (TPSA) is 89.6 Å². The molecule has 0 fully saturated rings. The minimum Gasteiger partial charge on any atom is -0.481 e. The van der Waals surface area contributed by atoms with Crippen molar-refractivity contribution in [3.63, 3.8) is 0 Å². The maximum Gasteiger partial charge on any atom is 0.350 e. The van der Waals surface area contributed by atoms with E-state index in [-0.39, 0.29) is 13.0 Å². The number of hydrogen-bond acceptors (Lipinski definition) is 5. The van der Waals surface area contributed by atoms with Gasteiger partial charge in [-0.2, -0.15) is 0 Å². The summed E-state index contributed by atoms with van der Waals surface area (Å²) < 4.78 is 4.69. The van der Waals surface area contributed by atoms with E-state index in [4.69, 9.17) is 10.8 Å². The molecule has 0 radical (unpaired) electrons. The number of anilines is 1. The van der Waals surface area contributed by atoms with E-state index in [1.54, 1.807) is 11.4 Å². The molecule has 6 heteroatoms. The van der Waals surface area contributed by atoms with E-state index in [0.29, 0.717) is 10.6 Å². The van der Waals surface area contributed by atoms with Gasteiger partial charge in [-0.05, 0) is 11.4 Å². The highest BCUT2D eigenvalue weighted by atomic mass is 32.1. The Hall–Kier alpha value is -1.56. The molecule has 1 aromatic rings. The van der Waals surface area contributed by atoms with Gasteiger partial charge in [0.15, 0.2) is 0 Å². The van der Waals surface area contributed by atoms with Crippen LogP contribution in [0.25, 0.3) is 0 Å². The Labute approximate surface area is 84.1 Å². The van der Waals surface area contributed by atoms with Crippen LogP contribution in [0.15, 0.2) is 11.4 Å². The molecule has 0 spiro atoms. The fourth-order valence-corrected chi connectivity index (χ4v) is 1.49. The molecule has 0 amide bonds. The third-order valence-electron chi connectivity index (χ3n) is 1.43. The zero-order valence-electron chi connectivity index (χ0n) is 7.23. The van der Waals surface area contributed by atoms with E-state index in [9.17, 15) is 9.59 Å². The number of carbonyl (C=O) groups excluding carboxylic acids is 1. The van der Waals surface area contributed by atoms with Crippen LogP contribution in [0.4, 0.5) is 5.69 Å². The van der Waals surface area contributed by atoms with Crippen molar-refractivity contribution < 1.29 is 19.4 Å². The zero-order chi connectivity index (χ0) is 10.6. The number of carboxylic acids is 1. The summed E-state index contributed by atoms with van der Waals surface area (Å²) in [7, 11) is 0. The molecule has 1 aromatic heterocycles. The highest BCUT2D eigenvalue weighted by Crippen LogP contribution is 2.19. The molecule has 0 aliphatic carbocycles. The fourth-order valence-electron chi connectivity index (χ4n) is 0.782. The van der Waals surface area contributed by atoms with Crippen LogP contribution in [-0.2, 0) is 9.53 Å². The molecule has 5 nitrogen and oxygen atoms in total. The molecular formula is C8H9NO4S. The second-order valence-electron chi connectivity index (χ2n) is 2.48. The Morgan fingerprint density at radius 2 is 2.29 bits per heavy atom. The quantitative estimate of drug-likeness (QED) is 0.730. The first-order valence-electron chi connectivity index (χ1n) is 3.83. The Kier molecular flexibility index (Phi) is 3.47. The summed E-state index contributed by atoms with van der Waals surface area (Å²) in [5.41, 5.74) is 5.82. The molecule has 0 saturated heterocycles. The van der Waals surface area contributed by atoms with Crippen molar-refractivity contribution in [2.24, 2.45) is 0 Å². The second kappa shape index (κ2) is 4.61. The van der Waals surface area contributed by atoms with Gasteiger partial charge >= 0.3 is 11.9 Å². The summed E-state index contributed by atoms with van der Waals surface area (Å²) in [6.07, 6.45) is -0.197. The summed E-state index contributed by atoms with van der Waals surface area (Å²) >= 11 is 1.17. The normalized spacial score (nSPS) is 9.71. The monoisotopic (exact) mass is 215 g/mol. The molecule has 0 aliphatic rings. The third-order valence-corrected chi connectivity index (χ3v) is 2.34. The van der Waals surface area contributed by atoms with E-state index < -0.39 is 11.9 Å². The van der Waals surface area contributed by atoms with Gasteiger partial charge in [-0.3, -0.25) is 4.79 Å². The van der Waals surface area contributed by atoms with Crippen molar-refractivity contribution in [3.8, 4) is 0 Å². The smallest absolute Gasteiger partial charge is 0.350 e. The number of carboxylic acid groups (broad SMARTS) is 1. The molecule has 0 aromatic carbocycles. The Bertz CT molecular complexity index is 347. The van der Waals surface area contributed by atoms with Crippen LogP contribution >= 0.6 is 11.3 Å². The highest BCUT2D eigenvalue weighted by molar-refractivity contribution is 7.12. The number of thiophene rings is 1. The van der Waals surface area contributed by atoms with E-state index in [2.05, 4.69) is 4.74 Å². The molecule has 0 atom stereocenters. The summed E-state index contributed by atoms with van der Waals surface area (Å²) in [5, 5.41) is 9.97. The zero-order valence-corrected chi connectivity index (χ0v) is 8.04. The fraction of sp³-hybridized carbons (Fsp3) is 0.250. The van der Waals surface area contributed by atoms with Gasteiger partial charge in [0.2, 0.25) is 0 Å². The lowest BCUT2D eigenvalue weighted by Crippen LogP contribution is -2.09. The molecule has 0 saturated carbocycles. The van der Waals surface area contributed by atoms with E-state index in [1.165, 1.54) is 11.3 Å². The molecule has 14 heavy (non-hydrogen) atoms. The third kappa shape index (κ3) is 2.74. The number of aliphatic carboxylic acids is 1. The summed E-state index contributed by atoms with van der Waals surface area (Å²) in [4.78, 5) is 21.7.